The van der Waals surface area contributed by atoms with E-state index in [0.29, 0.717) is 30.1 Å². The van der Waals surface area contributed by atoms with E-state index in [1.165, 1.54) is 6.42 Å². The van der Waals surface area contributed by atoms with Crippen LogP contribution in [-0.2, 0) is 0 Å². The van der Waals surface area contributed by atoms with E-state index in [1.807, 2.05) is 0 Å². The van der Waals surface area contributed by atoms with Gasteiger partial charge in [0.25, 0.3) is 0 Å². The molecule has 0 aromatic carbocycles. The van der Waals surface area contributed by atoms with Gasteiger partial charge in [-0.1, -0.05) is 53.2 Å². The lowest BCUT2D eigenvalue weighted by molar-refractivity contribution is -0.189. The molecule has 4 nitrogen and oxygen atoms in total. The summed E-state index contributed by atoms with van der Waals surface area (Å²) in [5.74, 6) is 1.79. The molecule has 0 aromatic heterocycles. The highest BCUT2D eigenvalue weighted by Gasteiger charge is 2.64. The Morgan fingerprint density at radius 3 is 2.21 bits per heavy atom. The number of aliphatic hydroxyl groups is 4. The van der Waals surface area contributed by atoms with Crippen LogP contribution in [0.25, 0.3) is 0 Å². The van der Waals surface area contributed by atoms with Crippen molar-refractivity contribution in [2.24, 2.45) is 50.7 Å². The van der Waals surface area contributed by atoms with Crippen LogP contribution >= 0.6 is 0 Å². The molecule has 0 spiro atoms. The Morgan fingerprint density at radius 1 is 0.824 bits per heavy atom. The molecule has 4 saturated carbocycles. The quantitative estimate of drug-likeness (QED) is 0.399. The Morgan fingerprint density at radius 2 is 1.53 bits per heavy atom. The third-order valence-corrected chi connectivity index (χ3v) is 13.0. The fraction of sp³-hybridized carbons (Fsp3) is 0.933. The van der Waals surface area contributed by atoms with Gasteiger partial charge >= 0.3 is 0 Å². The summed E-state index contributed by atoms with van der Waals surface area (Å²) in [6.45, 7) is 13.9. The lowest BCUT2D eigenvalue weighted by atomic mass is 9.42. The van der Waals surface area contributed by atoms with Crippen molar-refractivity contribution >= 4 is 0 Å². The first kappa shape index (κ1) is 25.2. The van der Waals surface area contributed by atoms with Gasteiger partial charge in [0.05, 0.1) is 24.9 Å². The molecule has 194 valence electrons. The summed E-state index contributed by atoms with van der Waals surface area (Å²) >= 11 is 0. The molecule has 0 saturated heterocycles. The second kappa shape index (κ2) is 7.79. The van der Waals surface area contributed by atoms with Crippen molar-refractivity contribution in [2.45, 2.75) is 118 Å². The molecular formula is C30H50O4. The zero-order valence-electron chi connectivity index (χ0n) is 22.5. The molecule has 5 rings (SSSR count). The summed E-state index contributed by atoms with van der Waals surface area (Å²) in [5.41, 5.74) is 1.31. The topological polar surface area (TPSA) is 80.9 Å². The molecule has 4 N–H and O–H groups in total. The van der Waals surface area contributed by atoms with Gasteiger partial charge in [0.15, 0.2) is 0 Å². The van der Waals surface area contributed by atoms with Gasteiger partial charge in [-0.3, -0.25) is 0 Å². The van der Waals surface area contributed by atoms with Crippen LogP contribution < -0.4 is 0 Å². The minimum absolute atomic E-state index is 0.0127. The maximum Gasteiger partial charge on any atom is 0.0853 e. The molecule has 34 heavy (non-hydrogen) atoms. The summed E-state index contributed by atoms with van der Waals surface area (Å²) in [5, 5.41) is 43.1. The summed E-state index contributed by atoms with van der Waals surface area (Å²) in [6, 6.07) is 0. The molecule has 0 radical (unpaired) electrons. The summed E-state index contributed by atoms with van der Waals surface area (Å²) < 4.78 is 0. The van der Waals surface area contributed by atoms with Crippen molar-refractivity contribution in [3.05, 3.63) is 11.6 Å². The average Bonchev–Trinajstić information content (AvgIpc) is 2.92. The number of hydrogen-bond acceptors (Lipinski definition) is 4. The predicted octanol–water partition coefficient (Wildman–Crippen LogP) is 5.08. The molecule has 0 bridgehead atoms. The number of fused-ring (bicyclic) bond motifs is 6. The van der Waals surface area contributed by atoms with Crippen molar-refractivity contribution in [1.29, 1.82) is 0 Å². The Hall–Kier alpha value is -0.420. The van der Waals surface area contributed by atoms with Gasteiger partial charge in [0, 0.05) is 5.41 Å². The smallest absolute Gasteiger partial charge is 0.0853 e. The third kappa shape index (κ3) is 3.17. The molecule has 4 fully saturated rings. The second-order valence-electron chi connectivity index (χ2n) is 14.9. The first-order chi connectivity index (χ1) is 15.7. The maximum atomic E-state index is 10.9. The van der Waals surface area contributed by atoms with E-state index in [4.69, 9.17) is 0 Å². The molecule has 0 aliphatic heterocycles. The Labute approximate surface area is 207 Å². The van der Waals surface area contributed by atoms with Crippen LogP contribution in [0, 0.1) is 50.7 Å². The molecule has 0 unspecified atom stereocenters. The zero-order chi connectivity index (χ0) is 24.9. The van der Waals surface area contributed by atoms with E-state index in [9.17, 15) is 20.4 Å². The maximum absolute atomic E-state index is 10.9. The van der Waals surface area contributed by atoms with Crippen LogP contribution in [0.2, 0.25) is 0 Å². The molecule has 11 atom stereocenters. The summed E-state index contributed by atoms with van der Waals surface area (Å²) in [6.07, 6.45) is 10.1. The van der Waals surface area contributed by atoms with E-state index in [2.05, 4.69) is 47.6 Å². The number of allylic oxidation sites excluding steroid dienone is 2. The molecule has 5 aliphatic carbocycles. The molecule has 4 heteroatoms. The van der Waals surface area contributed by atoms with Crippen molar-refractivity contribution in [3.8, 4) is 0 Å². The van der Waals surface area contributed by atoms with Crippen LogP contribution in [0.3, 0.4) is 0 Å². The van der Waals surface area contributed by atoms with Gasteiger partial charge in [0.2, 0.25) is 0 Å². The largest absolute Gasteiger partial charge is 0.396 e. The van der Waals surface area contributed by atoms with Crippen LogP contribution in [0.4, 0.5) is 0 Å². The predicted molar refractivity (Wildman–Crippen MR) is 135 cm³/mol. The fourth-order valence-corrected chi connectivity index (χ4v) is 11.1. The Balaban J connectivity index is 1.51. The van der Waals surface area contributed by atoms with Gasteiger partial charge in [-0.2, -0.15) is 0 Å². The van der Waals surface area contributed by atoms with E-state index < -0.39 is 23.7 Å². The standard InChI is InChI=1S/C30H50O4/c1-26(2)21-9-7-18-15-27(3)13-11-23-28(4,14-12-24(33)30(23,6)17-31)22(27)10-8-19(18)29(21,5)16-20(32)25(26)34/h7,19-25,31-34H,8-17H2,1-6H3/t19-,20+,21-,22-,23+,24-,25+,27-,28+,29+,30+/m0/s1. The molecule has 5 aliphatic rings. The minimum Gasteiger partial charge on any atom is -0.396 e. The van der Waals surface area contributed by atoms with Crippen LogP contribution in [0.15, 0.2) is 11.6 Å². The number of hydrogen-bond donors (Lipinski definition) is 4. The highest BCUT2D eigenvalue weighted by molar-refractivity contribution is 5.26. The molecule has 0 aromatic rings. The van der Waals surface area contributed by atoms with E-state index >= 15 is 0 Å². The summed E-state index contributed by atoms with van der Waals surface area (Å²) in [4.78, 5) is 0. The molecular weight excluding hydrogens is 424 g/mol. The fourth-order valence-electron chi connectivity index (χ4n) is 11.1. The Kier molecular flexibility index (Phi) is 5.78. The third-order valence-electron chi connectivity index (χ3n) is 13.0. The normalized spacial score (nSPS) is 56.8. The lowest BCUT2D eigenvalue weighted by Gasteiger charge is -2.64. The second-order valence-corrected chi connectivity index (χ2v) is 14.9. The van der Waals surface area contributed by atoms with E-state index in [0.717, 1.165) is 44.9 Å². The first-order valence-corrected chi connectivity index (χ1v) is 14.1. The van der Waals surface area contributed by atoms with Crippen molar-refractivity contribution in [2.75, 3.05) is 6.61 Å². The SMILES string of the molecule is CC1(C)[C@H](O)[C@H](O)C[C@]2(C)[C@H]3CC[C@H]4[C@@](C)(CC[C@@H]5[C@]4(C)CC[C@H](O)[C@]5(C)CO)CC3=CC[C@@H]12. The first-order valence-electron chi connectivity index (χ1n) is 14.1. The highest BCUT2D eigenvalue weighted by atomic mass is 16.3. The lowest BCUT2D eigenvalue weighted by Crippen LogP contribution is -2.60. The van der Waals surface area contributed by atoms with Gasteiger partial charge in [-0.25, -0.2) is 0 Å². The number of rotatable bonds is 1. The van der Waals surface area contributed by atoms with Gasteiger partial charge in [-0.15, -0.1) is 0 Å². The van der Waals surface area contributed by atoms with Crippen LogP contribution in [-0.4, -0.2) is 45.3 Å². The van der Waals surface area contributed by atoms with Gasteiger partial charge in [-0.05, 0) is 103 Å². The van der Waals surface area contributed by atoms with Crippen molar-refractivity contribution in [1.82, 2.24) is 0 Å². The highest BCUT2D eigenvalue weighted by Crippen LogP contribution is 2.70. The van der Waals surface area contributed by atoms with E-state index in [-0.39, 0.29) is 28.3 Å². The van der Waals surface area contributed by atoms with Gasteiger partial charge < -0.3 is 20.4 Å². The Bertz CT molecular complexity index is 851. The van der Waals surface area contributed by atoms with Crippen molar-refractivity contribution in [3.63, 3.8) is 0 Å². The summed E-state index contributed by atoms with van der Waals surface area (Å²) in [7, 11) is 0. The van der Waals surface area contributed by atoms with Crippen LogP contribution in [0.1, 0.15) is 99.3 Å². The number of aliphatic hydroxyl groups excluding tert-OH is 4. The minimum atomic E-state index is -0.657. The van der Waals surface area contributed by atoms with Crippen LogP contribution in [0.5, 0.6) is 0 Å². The average molecular weight is 475 g/mol. The molecule has 0 amide bonds. The molecule has 0 heterocycles. The van der Waals surface area contributed by atoms with Gasteiger partial charge in [0.1, 0.15) is 0 Å². The van der Waals surface area contributed by atoms with Crippen molar-refractivity contribution < 1.29 is 20.4 Å². The zero-order valence-corrected chi connectivity index (χ0v) is 22.5. The van der Waals surface area contributed by atoms with E-state index in [1.54, 1.807) is 5.57 Å². The monoisotopic (exact) mass is 474 g/mol.